The Kier molecular flexibility index (Phi) is 3.19. The Balaban J connectivity index is 1.66. The lowest BCUT2D eigenvalue weighted by atomic mass is 10.1. The molecule has 2 aliphatic rings. The van der Waals surface area contributed by atoms with Crippen molar-refractivity contribution in [2.75, 3.05) is 19.8 Å². The fourth-order valence-corrected chi connectivity index (χ4v) is 2.24. The zero-order chi connectivity index (χ0) is 9.10. The normalized spacial score (nSPS) is 39.9. The summed E-state index contributed by atoms with van der Waals surface area (Å²) in [4.78, 5) is 0. The molecule has 3 unspecified atom stereocenters. The van der Waals surface area contributed by atoms with Crippen molar-refractivity contribution in [2.24, 2.45) is 5.92 Å². The van der Waals surface area contributed by atoms with Gasteiger partial charge in [0.05, 0.1) is 12.7 Å². The molecule has 1 aliphatic carbocycles. The Bertz CT molecular complexity index is 157. The largest absolute Gasteiger partial charge is 0.392 e. The molecular formula is C10H19NO2. The van der Waals surface area contributed by atoms with Gasteiger partial charge < -0.3 is 15.2 Å². The molecule has 13 heavy (non-hydrogen) atoms. The first-order valence-corrected chi connectivity index (χ1v) is 5.35. The van der Waals surface area contributed by atoms with Crippen LogP contribution in [0.4, 0.5) is 0 Å². The number of ether oxygens (including phenoxy) is 1. The van der Waals surface area contributed by atoms with Crippen LogP contribution in [0.1, 0.15) is 25.7 Å². The van der Waals surface area contributed by atoms with Gasteiger partial charge >= 0.3 is 0 Å². The molecule has 3 heteroatoms. The molecule has 0 spiro atoms. The first-order valence-electron chi connectivity index (χ1n) is 5.35. The molecule has 0 aromatic heterocycles. The minimum Gasteiger partial charge on any atom is -0.392 e. The third-order valence-electron chi connectivity index (χ3n) is 3.17. The minimum absolute atomic E-state index is 0.109. The van der Waals surface area contributed by atoms with Gasteiger partial charge in [-0.3, -0.25) is 0 Å². The van der Waals surface area contributed by atoms with Gasteiger partial charge in [-0.1, -0.05) is 0 Å². The molecule has 0 aromatic rings. The predicted molar refractivity (Wildman–Crippen MR) is 50.6 cm³/mol. The van der Waals surface area contributed by atoms with Crippen LogP contribution in [0.2, 0.25) is 0 Å². The van der Waals surface area contributed by atoms with Gasteiger partial charge in [0.1, 0.15) is 0 Å². The second kappa shape index (κ2) is 4.40. The summed E-state index contributed by atoms with van der Waals surface area (Å²) in [5.41, 5.74) is 0. The summed E-state index contributed by atoms with van der Waals surface area (Å²) < 4.78 is 5.30. The monoisotopic (exact) mass is 185 g/mol. The van der Waals surface area contributed by atoms with Crippen LogP contribution < -0.4 is 5.32 Å². The molecule has 3 atom stereocenters. The molecule has 0 radical (unpaired) electrons. The van der Waals surface area contributed by atoms with Gasteiger partial charge in [0.2, 0.25) is 0 Å². The maximum absolute atomic E-state index is 9.57. The number of hydrogen-bond acceptors (Lipinski definition) is 3. The smallest absolute Gasteiger partial charge is 0.0693 e. The molecular weight excluding hydrogens is 166 g/mol. The summed E-state index contributed by atoms with van der Waals surface area (Å²) in [6, 6.07) is 0.348. The third-order valence-corrected chi connectivity index (χ3v) is 3.17. The van der Waals surface area contributed by atoms with Crippen LogP contribution in [0.5, 0.6) is 0 Å². The lowest BCUT2D eigenvalue weighted by molar-refractivity contribution is 0.143. The van der Waals surface area contributed by atoms with E-state index in [2.05, 4.69) is 5.32 Å². The van der Waals surface area contributed by atoms with E-state index in [0.29, 0.717) is 12.0 Å². The molecule has 0 bridgehead atoms. The van der Waals surface area contributed by atoms with Crippen molar-refractivity contribution in [3.05, 3.63) is 0 Å². The highest BCUT2D eigenvalue weighted by Crippen LogP contribution is 2.19. The zero-order valence-electron chi connectivity index (χ0n) is 8.04. The van der Waals surface area contributed by atoms with Gasteiger partial charge in [-0.25, -0.2) is 0 Å². The lowest BCUT2D eigenvalue weighted by Crippen LogP contribution is -2.38. The second-order valence-corrected chi connectivity index (χ2v) is 4.24. The SMILES string of the molecule is OC1CCCC1NCC1CCOC1. The van der Waals surface area contributed by atoms with Crippen LogP contribution in [-0.2, 0) is 4.74 Å². The highest BCUT2D eigenvalue weighted by Gasteiger charge is 2.26. The van der Waals surface area contributed by atoms with E-state index in [0.717, 1.165) is 32.6 Å². The van der Waals surface area contributed by atoms with E-state index in [1.165, 1.54) is 12.8 Å². The van der Waals surface area contributed by atoms with Crippen molar-refractivity contribution in [3.8, 4) is 0 Å². The molecule has 1 heterocycles. The van der Waals surface area contributed by atoms with E-state index in [4.69, 9.17) is 4.74 Å². The van der Waals surface area contributed by atoms with E-state index in [1.54, 1.807) is 0 Å². The molecule has 2 N–H and O–H groups in total. The Hall–Kier alpha value is -0.120. The minimum atomic E-state index is -0.109. The molecule has 2 rings (SSSR count). The van der Waals surface area contributed by atoms with Crippen molar-refractivity contribution in [2.45, 2.75) is 37.8 Å². The summed E-state index contributed by atoms with van der Waals surface area (Å²) in [5, 5.41) is 13.0. The van der Waals surface area contributed by atoms with Gasteiger partial charge in [-0.15, -0.1) is 0 Å². The number of nitrogens with one attached hydrogen (secondary N) is 1. The third kappa shape index (κ3) is 2.42. The maximum Gasteiger partial charge on any atom is 0.0693 e. The van der Waals surface area contributed by atoms with Crippen LogP contribution in [0, 0.1) is 5.92 Å². The molecule has 1 aliphatic heterocycles. The standard InChI is InChI=1S/C10H19NO2/c12-10-3-1-2-9(10)11-6-8-4-5-13-7-8/h8-12H,1-7H2. The van der Waals surface area contributed by atoms with E-state index >= 15 is 0 Å². The highest BCUT2D eigenvalue weighted by molar-refractivity contribution is 4.83. The van der Waals surface area contributed by atoms with Crippen LogP contribution in [-0.4, -0.2) is 37.0 Å². The summed E-state index contributed by atoms with van der Waals surface area (Å²) >= 11 is 0. The van der Waals surface area contributed by atoms with Crippen molar-refractivity contribution in [3.63, 3.8) is 0 Å². The molecule has 0 aromatic carbocycles. The van der Waals surface area contributed by atoms with Gasteiger partial charge in [0.15, 0.2) is 0 Å². The van der Waals surface area contributed by atoms with Crippen LogP contribution in [0.3, 0.4) is 0 Å². The number of aliphatic hydroxyl groups is 1. The number of rotatable bonds is 3. The van der Waals surface area contributed by atoms with Crippen molar-refractivity contribution in [1.82, 2.24) is 5.32 Å². The molecule has 1 saturated carbocycles. The Labute approximate surface area is 79.5 Å². The van der Waals surface area contributed by atoms with Gasteiger partial charge in [-0.2, -0.15) is 0 Å². The molecule has 3 nitrogen and oxygen atoms in total. The Morgan fingerprint density at radius 1 is 1.31 bits per heavy atom. The quantitative estimate of drug-likeness (QED) is 0.674. The molecule has 2 fully saturated rings. The summed E-state index contributed by atoms with van der Waals surface area (Å²) in [5.74, 6) is 0.674. The van der Waals surface area contributed by atoms with Gasteiger partial charge in [-0.05, 0) is 31.6 Å². The molecule has 76 valence electrons. The zero-order valence-corrected chi connectivity index (χ0v) is 8.04. The van der Waals surface area contributed by atoms with E-state index in [-0.39, 0.29) is 6.10 Å². The predicted octanol–water partition coefficient (Wildman–Crippen LogP) is 0.526. The summed E-state index contributed by atoms with van der Waals surface area (Å²) in [6.07, 6.45) is 4.34. The van der Waals surface area contributed by atoms with Crippen molar-refractivity contribution >= 4 is 0 Å². The fraction of sp³-hybridized carbons (Fsp3) is 1.00. The average molecular weight is 185 g/mol. The lowest BCUT2D eigenvalue weighted by Gasteiger charge is -2.18. The van der Waals surface area contributed by atoms with E-state index < -0.39 is 0 Å². The van der Waals surface area contributed by atoms with Crippen molar-refractivity contribution < 1.29 is 9.84 Å². The van der Waals surface area contributed by atoms with Crippen LogP contribution in [0.15, 0.2) is 0 Å². The second-order valence-electron chi connectivity index (χ2n) is 4.24. The highest BCUT2D eigenvalue weighted by atomic mass is 16.5. The first kappa shape index (κ1) is 9.44. The number of aliphatic hydroxyl groups excluding tert-OH is 1. The fourth-order valence-electron chi connectivity index (χ4n) is 2.24. The number of hydrogen-bond donors (Lipinski definition) is 2. The maximum atomic E-state index is 9.57. The summed E-state index contributed by atoms with van der Waals surface area (Å²) in [6.45, 7) is 2.83. The van der Waals surface area contributed by atoms with Crippen LogP contribution in [0.25, 0.3) is 0 Å². The van der Waals surface area contributed by atoms with Gasteiger partial charge in [0, 0.05) is 19.2 Å². The summed E-state index contributed by atoms with van der Waals surface area (Å²) in [7, 11) is 0. The van der Waals surface area contributed by atoms with E-state index in [1.807, 2.05) is 0 Å². The van der Waals surface area contributed by atoms with Crippen molar-refractivity contribution in [1.29, 1.82) is 0 Å². The van der Waals surface area contributed by atoms with E-state index in [9.17, 15) is 5.11 Å². The molecule has 0 amide bonds. The topological polar surface area (TPSA) is 41.5 Å². The Morgan fingerprint density at radius 3 is 2.85 bits per heavy atom. The molecule has 1 saturated heterocycles. The van der Waals surface area contributed by atoms with Gasteiger partial charge in [0.25, 0.3) is 0 Å². The van der Waals surface area contributed by atoms with Crippen LogP contribution >= 0.6 is 0 Å². The average Bonchev–Trinajstić information content (AvgIpc) is 2.72. The first-order chi connectivity index (χ1) is 6.36. The Morgan fingerprint density at radius 2 is 2.23 bits per heavy atom.